The quantitative estimate of drug-likeness (QED) is 0.401. The largest absolute Gasteiger partial charge is 0.380 e. The molecule has 1 aliphatic carbocycles. The van der Waals surface area contributed by atoms with Crippen molar-refractivity contribution in [2.45, 2.75) is 32.1 Å². The molecule has 1 aromatic rings. The molecule has 1 saturated heterocycles. The van der Waals surface area contributed by atoms with E-state index in [1.54, 1.807) is 12.1 Å². The minimum absolute atomic E-state index is 0. The van der Waals surface area contributed by atoms with Crippen molar-refractivity contribution in [2.24, 2.45) is 10.4 Å². The lowest BCUT2D eigenvalue weighted by Gasteiger charge is -2.36. The van der Waals surface area contributed by atoms with Gasteiger partial charge in [0.15, 0.2) is 5.96 Å². The number of nitrogens with zero attached hydrogens (tertiary/aromatic N) is 1. The second-order valence-corrected chi connectivity index (χ2v) is 7.11. The highest BCUT2D eigenvalue weighted by Gasteiger charge is 2.45. The first-order valence-corrected chi connectivity index (χ1v) is 8.42. The third kappa shape index (κ3) is 4.39. The maximum Gasteiger partial charge on any atom is 0.191 e. The molecule has 1 aliphatic heterocycles. The van der Waals surface area contributed by atoms with Crippen LogP contribution in [0.3, 0.4) is 0 Å². The van der Waals surface area contributed by atoms with Crippen LogP contribution in [-0.4, -0.2) is 38.8 Å². The maximum absolute atomic E-state index is 14.1. The summed E-state index contributed by atoms with van der Waals surface area (Å²) in [6.07, 6.45) is 2.04. The summed E-state index contributed by atoms with van der Waals surface area (Å²) >= 11 is 0. The molecule has 0 atom stereocenters. The Morgan fingerprint density at radius 1 is 1.25 bits per heavy atom. The van der Waals surface area contributed by atoms with Crippen LogP contribution in [0.1, 0.15) is 32.3 Å². The van der Waals surface area contributed by atoms with Crippen molar-refractivity contribution in [1.82, 2.24) is 10.6 Å². The van der Waals surface area contributed by atoms with E-state index < -0.39 is 0 Å². The normalized spacial score (nSPS) is 20.5. The van der Waals surface area contributed by atoms with Gasteiger partial charge in [-0.25, -0.2) is 4.39 Å². The Kier molecular flexibility index (Phi) is 6.47. The van der Waals surface area contributed by atoms with Crippen LogP contribution < -0.4 is 10.6 Å². The van der Waals surface area contributed by atoms with Gasteiger partial charge >= 0.3 is 0 Å². The lowest BCUT2D eigenvalue weighted by atomic mass is 9.89. The van der Waals surface area contributed by atoms with Crippen molar-refractivity contribution in [2.75, 3.05) is 32.8 Å². The number of guanidine groups is 1. The fraction of sp³-hybridized carbons (Fsp3) is 0.611. The molecule has 4 nitrogen and oxygen atoms in total. The summed E-state index contributed by atoms with van der Waals surface area (Å²) in [5.41, 5.74) is 0.901. The summed E-state index contributed by atoms with van der Waals surface area (Å²) in [7, 11) is 0. The minimum atomic E-state index is -0.104. The van der Waals surface area contributed by atoms with Crippen LogP contribution in [-0.2, 0) is 10.2 Å². The van der Waals surface area contributed by atoms with Crippen LogP contribution in [0.25, 0.3) is 0 Å². The van der Waals surface area contributed by atoms with E-state index in [1.807, 2.05) is 12.1 Å². The van der Waals surface area contributed by atoms with Crippen LogP contribution in [0.4, 0.5) is 4.39 Å². The summed E-state index contributed by atoms with van der Waals surface area (Å²) in [4.78, 5) is 4.67. The van der Waals surface area contributed by atoms with Gasteiger partial charge < -0.3 is 15.4 Å². The van der Waals surface area contributed by atoms with Gasteiger partial charge in [0.2, 0.25) is 0 Å². The lowest BCUT2D eigenvalue weighted by Crippen LogP contribution is -2.45. The number of ether oxygens (including phenoxy) is 1. The molecule has 0 unspecified atom stereocenters. The molecule has 24 heavy (non-hydrogen) atoms. The Morgan fingerprint density at radius 2 is 1.96 bits per heavy atom. The molecule has 1 saturated carbocycles. The van der Waals surface area contributed by atoms with Gasteiger partial charge in [-0.05, 0) is 31.4 Å². The van der Waals surface area contributed by atoms with Crippen LogP contribution >= 0.6 is 24.0 Å². The molecule has 1 heterocycles. The van der Waals surface area contributed by atoms with Crippen molar-refractivity contribution in [3.05, 3.63) is 35.6 Å². The van der Waals surface area contributed by atoms with Crippen molar-refractivity contribution in [3.63, 3.8) is 0 Å². The summed E-state index contributed by atoms with van der Waals surface area (Å²) in [6, 6.07) is 7.11. The van der Waals surface area contributed by atoms with Gasteiger partial charge in [-0.1, -0.05) is 25.1 Å². The van der Waals surface area contributed by atoms with E-state index in [9.17, 15) is 4.39 Å². The zero-order valence-electron chi connectivity index (χ0n) is 14.4. The average molecular weight is 447 g/mol. The molecule has 6 heteroatoms. The molecule has 0 amide bonds. The van der Waals surface area contributed by atoms with E-state index in [0.717, 1.165) is 50.7 Å². The Hall–Kier alpha value is -0.890. The van der Waals surface area contributed by atoms with Crippen LogP contribution in [0.5, 0.6) is 0 Å². The second-order valence-electron chi connectivity index (χ2n) is 7.11. The highest BCUT2D eigenvalue weighted by atomic mass is 127. The maximum atomic E-state index is 14.1. The van der Waals surface area contributed by atoms with Crippen molar-refractivity contribution in [3.8, 4) is 0 Å². The van der Waals surface area contributed by atoms with Gasteiger partial charge in [-0.2, -0.15) is 0 Å². The molecule has 1 aromatic carbocycles. The standard InChI is InChI=1S/C18H26FN3O.HI/c1-3-20-16(21-10-17(2)12-23-13-17)22-11-18(8-9-18)14-6-4-5-7-15(14)19;/h4-7H,3,8-13H2,1-2H3,(H2,20,21,22);1H. The van der Waals surface area contributed by atoms with Crippen molar-refractivity contribution < 1.29 is 9.13 Å². The summed E-state index contributed by atoms with van der Waals surface area (Å²) < 4.78 is 19.3. The first kappa shape index (κ1) is 19.4. The Balaban J connectivity index is 0.00000208. The Morgan fingerprint density at radius 3 is 2.50 bits per heavy atom. The zero-order chi connectivity index (χ0) is 16.3. The van der Waals surface area contributed by atoms with Crippen molar-refractivity contribution >= 4 is 29.9 Å². The fourth-order valence-corrected chi connectivity index (χ4v) is 2.99. The molecular weight excluding hydrogens is 420 g/mol. The number of benzene rings is 1. The number of hydrogen-bond donors (Lipinski definition) is 2. The van der Waals surface area contributed by atoms with Crippen LogP contribution in [0.2, 0.25) is 0 Å². The van der Waals surface area contributed by atoms with E-state index >= 15 is 0 Å². The number of rotatable bonds is 6. The van der Waals surface area contributed by atoms with E-state index in [-0.39, 0.29) is 40.6 Å². The number of hydrogen-bond acceptors (Lipinski definition) is 2. The molecule has 3 rings (SSSR count). The minimum Gasteiger partial charge on any atom is -0.380 e. The molecule has 0 spiro atoms. The van der Waals surface area contributed by atoms with Gasteiger partial charge in [-0.15, -0.1) is 24.0 Å². The molecule has 2 fully saturated rings. The van der Waals surface area contributed by atoms with Gasteiger partial charge in [0, 0.05) is 23.9 Å². The number of nitrogens with one attached hydrogen (secondary N) is 2. The predicted octanol–water partition coefficient (Wildman–Crippen LogP) is 3.07. The lowest BCUT2D eigenvalue weighted by molar-refractivity contribution is -0.0945. The first-order chi connectivity index (χ1) is 11.1. The van der Waals surface area contributed by atoms with E-state index in [2.05, 4.69) is 29.5 Å². The number of halogens is 2. The summed E-state index contributed by atoms with van der Waals surface area (Å²) in [6.45, 7) is 8.05. The van der Waals surface area contributed by atoms with Crippen LogP contribution in [0, 0.1) is 11.2 Å². The second kappa shape index (κ2) is 7.99. The fourth-order valence-electron chi connectivity index (χ4n) is 2.99. The highest BCUT2D eigenvalue weighted by molar-refractivity contribution is 14.0. The monoisotopic (exact) mass is 447 g/mol. The zero-order valence-corrected chi connectivity index (χ0v) is 16.7. The SMILES string of the molecule is CCNC(=NCC1(C)COC1)NCC1(c2ccccc2F)CC1.I. The molecule has 134 valence electrons. The van der Waals surface area contributed by atoms with Gasteiger partial charge in [0.25, 0.3) is 0 Å². The smallest absolute Gasteiger partial charge is 0.191 e. The summed E-state index contributed by atoms with van der Waals surface area (Å²) in [5.74, 6) is 0.705. The third-order valence-electron chi connectivity index (χ3n) is 4.76. The number of aliphatic imine (C=N–C) groups is 1. The average Bonchev–Trinajstić information content (AvgIpc) is 3.29. The van der Waals surface area contributed by atoms with Crippen molar-refractivity contribution in [1.29, 1.82) is 0 Å². The van der Waals surface area contributed by atoms with E-state index in [1.165, 1.54) is 0 Å². The molecule has 0 bridgehead atoms. The Bertz CT molecular complexity index is 585. The summed E-state index contributed by atoms with van der Waals surface area (Å²) in [5, 5.41) is 6.68. The molecule has 2 aliphatic rings. The first-order valence-electron chi connectivity index (χ1n) is 8.42. The van der Waals surface area contributed by atoms with Crippen LogP contribution in [0.15, 0.2) is 29.3 Å². The highest BCUT2D eigenvalue weighted by Crippen LogP contribution is 2.48. The third-order valence-corrected chi connectivity index (χ3v) is 4.76. The van der Waals surface area contributed by atoms with Gasteiger partial charge in [0.1, 0.15) is 5.82 Å². The van der Waals surface area contributed by atoms with Gasteiger partial charge in [0.05, 0.1) is 19.8 Å². The predicted molar refractivity (Wildman–Crippen MR) is 106 cm³/mol. The molecule has 0 radical (unpaired) electrons. The Labute approximate surface area is 160 Å². The van der Waals surface area contributed by atoms with E-state index in [4.69, 9.17) is 4.74 Å². The van der Waals surface area contributed by atoms with E-state index in [0.29, 0.717) is 6.54 Å². The molecule has 0 aromatic heterocycles. The van der Waals surface area contributed by atoms with Gasteiger partial charge in [-0.3, -0.25) is 4.99 Å². The topological polar surface area (TPSA) is 45.7 Å². The molecule has 2 N–H and O–H groups in total. The molecular formula is C18H27FIN3O.